The second-order valence-corrected chi connectivity index (χ2v) is 6.11. The van der Waals surface area contributed by atoms with Crippen LogP contribution in [0.4, 0.5) is 0 Å². The minimum absolute atomic E-state index is 0.0737. The van der Waals surface area contributed by atoms with Crippen molar-refractivity contribution >= 4 is 11.8 Å². The van der Waals surface area contributed by atoms with Crippen LogP contribution in [0.5, 0.6) is 5.75 Å². The van der Waals surface area contributed by atoms with Crippen molar-refractivity contribution in [2.45, 2.75) is 39.8 Å². The minimum Gasteiger partial charge on any atom is -0.496 e. The average molecular weight is 333 g/mol. The van der Waals surface area contributed by atoms with Gasteiger partial charge in [0.15, 0.2) is 0 Å². The Morgan fingerprint density at radius 1 is 1.38 bits per heavy atom. The van der Waals surface area contributed by atoms with Gasteiger partial charge < -0.3 is 15.4 Å². The second kappa shape index (κ2) is 8.15. The van der Waals surface area contributed by atoms with Crippen LogP contribution in [-0.2, 0) is 16.1 Å². The van der Waals surface area contributed by atoms with Crippen molar-refractivity contribution in [3.63, 3.8) is 0 Å². The van der Waals surface area contributed by atoms with Crippen molar-refractivity contribution in [3.8, 4) is 5.75 Å². The molecule has 0 bridgehead atoms. The Hall–Kier alpha value is -2.08. The summed E-state index contributed by atoms with van der Waals surface area (Å²) in [6.45, 7) is 8.54. The van der Waals surface area contributed by atoms with Gasteiger partial charge in [-0.2, -0.15) is 0 Å². The zero-order chi connectivity index (χ0) is 17.7. The fourth-order valence-electron chi connectivity index (χ4n) is 3.08. The van der Waals surface area contributed by atoms with Gasteiger partial charge in [0.05, 0.1) is 19.6 Å². The van der Waals surface area contributed by atoms with Crippen LogP contribution in [0, 0.1) is 13.8 Å². The standard InChI is InChI=1S/C18H27N3O3/c1-5-19-17(22)10-15-18(23)20-8-9-21(15)11-14-6-7-16(24-4)13(3)12(14)2/h6-7,15H,5,8-11H2,1-4H3,(H,19,22)(H,20,23)/t15-/m1/s1. The Morgan fingerprint density at radius 2 is 2.12 bits per heavy atom. The number of nitrogens with one attached hydrogen (secondary N) is 2. The van der Waals surface area contributed by atoms with Crippen molar-refractivity contribution in [2.75, 3.05) is 26.7 Å². The Morgan fingerprint density at radius 3 is 2.79 bits per heavy atom. The van der Waals surface area contributed by atoms with Gasteiger partial charge in [0, 0.05) is 26.2 Å². The fraction of sp³-hybridized carbons (Fsp3) is 0.556. The molecule has 0 unspecified atom stereocenters. The molecule has 1 heterocycles. The van der Waals surface area contributed by atoms with E-state index in [9.17, 15) is 9.59 Å². The maximum atomic E-state index is 12.2. The molecule has 6 heteroatoms. The molecule has 6 nitrogen and oxygen atoms in total. The molecule has 1 fully saturated rings. The van der Waals surface area contributed by atoms with Crippen molar-refractivity contribution in [1.82, 2.24) is 15.5 Å². The summed E-state index contributed by atoms with van der Waals surface area (Å²) in [6.07, 6.45) is 0.188. The van der Waals surface area contributed by atoms with E-state index in [1.807, 2.05) is 26.0 Å². The number of amides is 2. The highest BCUT2D eigenvalue weighted by molar-refractivity contribution is 5.88. The molecule has 1 saturated heterocycles. The predicted octanol–water partition coefficient (Wildman–Crippen LogP) is 1.14. The van der Waals surface area contributed by atoms with Crippen LogP contribution >= 0.6 is 0 Å². The van der Waals surface area contributed by atoms with E-state index in [1.54, 1.807) is 7.11 Å². The zero-order valence-electron chi connectivity index (χ0n) is 14.9. The van der Waals surface area contributed by atoms with Crippen LogP contribution in [-0.4, -0.2) is 49.5 Å². The van der Waals surface area contributed by atoms with Gasteiger partial charge in [-0.1, -0.05) is 6.07 Å². The number of hydrogen-bond donors (Lipinski definition) is 2. The molecule has 24 heavy (non-hydrogen) atoms. The van der Waals surface area contributed by atoms with Crippen LogP contribution in [0.1, 0.15) is 30.0 Å². The third-order valence-electron chi connectivity index (χ3n) is 4.64. The highest BCUT2D eigenvalue weighted by Crippen LogP contribution is 2.25. The van der Waals surface area contributed by atoms with E-state index in [0.717, 1.165) is 29.0 Å². The Labute approximate surface area is 143 Å². The summed E-state index contributed by atoms with van der Waals surface area (Å²) in [5.41, 5.74) is 3.43. The third kappa shape index (κ3) is 4.06. The monoisotopic (exact) mass is 333 g/mol. The molecule has 2 rings (SSSR count). The first-order valence-corrected chi connectivity index (χ1v) is 8.39. The molecule has 2 amide bonds. The highest BCUT2D eigenvalue weighted by atomic mass is 16.5. The normalized spacial score (nSPS) is 18.2. The zero-order valence-corrected chi connectivity index (χ0v) is 14.9. The molecule has 1 atom stereocenters. The van der Waals surface area contributed by atoms with E-state index in [4.69, 9.17) is 4.74 Å². The summed E-state index contributed by atoms with van der Waals surface area (Å²) in [7, 11) is 1.67. The SMILES string of the molecule is CCNC(=O)C[C@@H]1C(=O)NCCN1Cc1ccc(OC)c(C)c1C. The maximum absolute atomic E-state index is 12.2. The first-order chi connectivity index (χ1) is 11.5. The quantitative estimate of drug-likeness (QED) is 0.819. The number of piperazine rings is 1. The lowest BCUT2D eigenvalue weighted by Crippen LogP contribution is -2.56. The van der Waals surface area contributed by atoms with E-state index in [-0.39, 0.29) is 18.2 Å². The molecule has 2 N–H and O–H groups in total. The molecule has 1 aliphatic rings. The second-order valence-electron chi connectivity index (χ2n) is 6.11. The number of methoxy groups -OCH3 is 1. The van der Waals surface area contributed by atoms with E-state index < -0.39 is 6.04 Å². The summed E-state index contributed by atoms with van der Waals surface area (Å²) in [5, 5.41) is 5.63. The number of nitrogens with zero attached hydrogens (tertiary/aromatic N) is 1. The van der Waals surface area contributed by atoms with Crippen LogP contribution in [0.15, 0.2) is 12.1 Å². The number of ether oxygens (including phenoxy) is 1. The minimum atomic E-state index is -0.424. The summed E-state index contributed by atoms with van der Waals surface area (Å²) in [4.78, 5) is 26.2. The molecule has 1 aliphatic heterocycles. The first kappa shape index (κ1) is 18.3. The molecule has 0 aromatic heterocycles. The number of carbonyl (C=O) groups excluding carboxylic acids is 2. The van der Waals surface area contributed by atoms with Crippen LogP contribution in [0.2, 0.25) is 0 Å². The molecular formula is C18H27N3O3. The van der Waals surface area contributed by atoms with E-state index in [2.05, 4.69) is 22.5 Å². The van der Waals surface area contributed by atoms with Gasteiger partial charge in [-0.25, -0.2) is 0 Å². The summed E-state index contributed by atoms with van der Waals surface area (Å²) in [6, 6.07) is 3.57. The Bertz CT molecular complexity index is 616. The number of hydrogen-bond acceptors (Lipinski definition) is 4. The van der Waals surface area contributed by atoms with Crippen LogP contribution < -0.4 is 15.4 Å². The van der Waals surface area contributed by atoms with E-state index in [1.165, 1.54) is 0 Å². The van der Waals surface area contributed by atoms with Gasteiger partial charge in [-0.15, -0.1) is 0 Å². The van der Waals surface area contributed by atoms with Gasteiger partial charge in [-0.05, 0) is 43.5 Å². The molecule has 1 aromatic rings. The molecule has 0 aliphatic carbocycles. The molecule has 0 saturated carbocycles. The smallest absolute Gasteiger partial charge is 0.237 e. The molecular weight excluding hydrogens is 306 g/mol. The van der Waals surface area contributed by atoms with Gasteiger partial charge in [-0.3, -0.25) is 14.5 Å². The fourth-order valence-corrected chi connectivity index (χ4v) is 3.08. The van der Waals surface area contributed by atoms with Gasteiger partial charge in [0.2, 0.25) is 11.8 Å². The molecule has 132 valence electrons. The van der Waals surface area contributed by atoms with Crippen LogP contribution in [0.25, 0.3) is 0 Å². The molecule has 1 aromatic carbocycles. The van der Waals surface area contributed by atoms with E-state index >= 15 is 0 Å². The van der Waals surface area contributed by atoms with Crippen molar-refractivity contribution < 1.29 is 14.3 Å². The van der Waals surface area contributed by atoms with Gasteiger partial charge in [0.1, 0.15) is 5.75 Å². The third-order valence-corrected chi connectivity index (χ3v) is 4.64. The topological polar surface area (TPSA) is 70.7 Å². The van der Waals surface area contributed by atoms with Crippen molar-refractivity contribution in [2.24, 2.45) is 0 Å². The number of carbonyl (C=O) groups is 2. The number of benzene rings is 1. The summed E-state index contributed by atoms with van der Waals surface area (Å²) < 4.78 is 5.36. The first-order valence-electron chi connectivity index (χ1n) is 8.39. The molecule has 0 radical (unpaired) electrons. The van der Waals surface area contributed by atoms with Gasteiger partial charge in [0.25, 0.3) is 0 Å². The lowest BCUT2D eigenvalue weighted by molar-refractivity contribution is -0.134. The van der Waals surface area contributed by atoms with Crippen molar-refractivity contribution in [3.05, 3.63) is 28.8 Å². The van der Waals surface area contributed by atoms with Gasteiger partial charge >= 0.3 is 0 Å². The van der Waals surface area contributed by atoms with Crippen LogP contribution in [0.3, 0.4) is 0 Å². The largest absolute Gasteiger partial charge is 0.496 e. The Balaban J connectivity index is 2.17. The predicted molar refractivity (Wildman–Crippen MR) is 93.0 cm³/mol. The maximum Gasteiger partial charge on any atom is 0.237 e. The van der Waals surface area contributed by atoms with Crippen molar-refractivity contribution in [1.29, 1.82) is 0 Å². The summed E-state index contributed by atoms with van der Waals surface area (Å²) in [5.74, 6) is 0.703. The number of rotatable bonds is 6. The van der Waals surface area contributed by atoms with E-state index in [0.29, 0.717) is 19.6 Å². The lowest BCUT2D eigenvalue weighted by atomic mass is 10.00. The highest BCUT2D eigenvalue weighted by Gasteiger charge is 2.31. The summed E-state index contributed by atoms with van der Waals surface area (Å²) >= 11 is 0. The average Bonchev–Trinajstić information content (AvgIpc) is 2.55. The lowest BCUT2D eigenvalue weighted by Gasteiger charge is -2.35. The molecule has 0 spiro atoms. The Kier molecular flexibility index (Phi) is 6.20.